The fourth-order valence-electron chi connectivity index (χ4n) is 1.68. The number of aromatic nitrogens is 1. The van der Waals surface area contributed by atoms with E-state index in [9.17, 15) is 4.39 Å². The van der Waals surface area contributed by atoms with Crippen molar-refractivity contribution in [3.63, 3.8) is 0 Å². The second kappa shape index (κ2) is 4.06. The van der Waals surface area contributed by atoms with Crippen molar-refractivity contribution in [1.29, 1.82) is 0 Å². The highest BCUT2D eigenvalue weighted by atomic mass is 19.1. The molecule has 1 aromatic heterocycles. The average molecular weight is 220 g/mol. The molecule has 0 radical (unpaired) electrons. The van der Waals surface area contributed by atoms with Gasteiger partial charge in [-0.05, 0) is 25.1 Å². The highest BCUT2D eigenvalue weighted by molar-refractivity contribution is 5.62. The zero-order chi connectivity index (χ0) is 11.7. The third-order valence-electron chi connectivity index (χ3n) is 2.44. The maximum absolute atomic E-state index is 13.3. The van der Waals surface area contributed by atoms with E-state index in [0.717, 1.165) is 17.0 Å². The monoisotopic (exact) mass is 220 g/mol. The number of oxazole rings is 1. The summed E-state index contributed by atoms with van der Waals surface area (Å²) in [6, 6.07) is 4.79. The molecular formula is C12H13FN2O. The van der Waals surface area contributed by atoms with Crippen molar-refractivity contribution in [1.82, 2.24) is 4.98 Å². The number of hydrogen-bond donors (Lipinski definition) is 1. The zero-order valence-corrected chi connectivity index (χ0v) is 9.25. The molecule has 0 fully saturated rings. The van der Waals surface area contributed by atoms with Gasteiger partial charge in [-0.1, -0.05) is 0 Å². The van der Waals surface area contributed by atoms with E-state index in [2.05, 4.69) is 4.98 Å². The second-order valence-electron chi connectivity index (χ2n) is 3.65. The van der Waals surface area contributed by atoms with Crippen molar-refractivity contribution in [3.8, 4) is 11.3 Å². The minimum Gasteiger partial charge on any atom is -0.446 e. The molecular weight excluding hydrogens is 207 g/mol. The van der Waals surface area contributed by atoms with Gasteiger partial charge in [0.1, 0.15) is 17.3 Å². The first-order valence-electron chi connectivity index (χ1n) is 5.04. The van der Waals surface area contributed by atoms with Gasteiger partial charge in [0.25, 0.3) is 0 Å². The van der Waals surface area contributed by atoms with Gasteiger partial charge in [-0.25, -0.2) is 9.37 Å². The Bertz CT molecular complexity index is 520. The van der Waals surface area contributed by atoms with Gasteiger partial charge in [0, 0.05) is 24.6 Å². The van der Waals surface area contributed by atoms with E-state index in [0.29, 0.717) is 11.5 Å². The van der Waals surface area contributed by atoms with Crippen LogP contribution < -0.4 is 5.73 Å². The summed E-state index contributed by atoms with van der Waals surface area (Å²) < 4.78 is 18.6. The van der Waals surface area contributed by atoms with Gasteiger partial charge < -0.3 is 10.2 Å². The molecule has 0 aliphatic carbocycles. The first-order chi connectivity index (χ1) is 7.61. The molecule has 1 heterocycles. The number of halogens is 1. The molecule has 0 bridgehead atoms. The summed E-state index contributed by atoms with van der Waals surface area (Å²) in [6.45, 7) is 3.79. The van der Waals surface area contributed by atoms with Gasteiger partial charge in [-0.15, -0.1) is 0 Å². The molecule has 0 atom stereocenters. The van der Waals surface area contributed by atoms with Crippen molar-refractivity contribution in [3.05, 3.63) is 41.2 Å². The van der Waals surface area contributed by atoms with E-state index in [1.54, 1.807) is 19.1 Å². The normalized spacial score (nSPS) is 10.8. The highest BCUT2D eigenvalue weighted by Gasteiger charge is 2.11. The van der Waals surface area contributed by atoms with Crippen LogP contribution in [0.4, 0.5) is 4.39 Å². The van der Waals surface area contributed by atoms with Gasteiger partial charge in [0.05, 0.1) is 0 Å². The van der Waals surface area contributed by atoms with Crippen molar-refractivity contribution in [2.24, 2.45) is 5.73 Å². The Hall–Kier alpha value is -1.68. The van der Waals surface area contributed by atoms with E-state index in [1.165, 1.54) is 6.07 Å². The van der Waals surface area contributed by atoms with Gasteiger partial charge >= 0.3 is 0 Å². The maximum atomic E-state index is 13.3. The molecule has 1 aromatic carbocycles. The van der Waals surface area contributed by atoms with Crippen LogP contribution >= 0.6 is 0 Å². The van der Waals surface area contributed by atoms with E-state index >= 15 is 0 Å². The minimum absolute atomic E-state index is 0.176. The highest BCUT2D eigenvalue weighted by Crippen LogP contribution is 2.24. The number of hydrogen-bond acceptors (Lipinski definition) is 3. The third-order valence-corrected chi connectivity index (χ3v) is 2.44. The summed E-state index contributed by atoms with van der Waals surface area (Å²) in [5, 5.41) is 0. The van der Waals surface area contributed by atoms with Crippen LogP contribution in [0.15, 0.2) is 22.6 Å². The molecule has 0 amide bonds. The van der Waals surface area contributed by atoms with Crippen LogP contribution in [0.25, 0.3) is 11.3 Å². The Morgan fingerprint density at radius 3 is 2.69 bits per heavy atom. The summed E-state index contributed by atoms with van der Waals surface area (Å²) in [4.78, 5) is 4.26. The number of benzene rings is 1. The summed E-state index contributed by atoms with van der Waals surface area (Å²) in [6.07, 6.45) is 0. The Morgan fingerprint density at radius 2 is 2.12 bits per heavy atom. The van der Waals surface area contributed by atoms with Crippen LogP contribution in [0, 0.1) is 19.7 Å². The fourth-order valence-corrected chi connectivity index (χ4v) is 1.68. The molecule has 2 aromatic rings. The molecule has 0 aliphatic heterocycles. The predicted molar refractivity (Wildman–Crippen MR) is 59.3 cm³/mol. The molecule has 4 heteroatoms. The summed E-state index contributed by atoms with van der Waals surface area (Å²) in [5.41, 5.74) is 7.51. The predicted octanol–water partition coefficient (Wildman–Crippen LogP) is 2.56. The topological polar surface area (TPSA) is 52.0 Å². The lowest BCUT2D eigenvalue weighted by atomic mass is 10.1. The smallest absolute Gasteiger partial charge is 0.191 e. The van der Waals surface area contributed by atoms with Crippen LogP contribution in [-0.2, 0) is 6.54 Å². The summed E-state index contributed by atoms with van der Waals surface area (Å²) >= 11 is 0. The van der Waals surface area contributed by atoms with Gasteiger partial charge in [0.15, 0.2) is 5.89 Å². The lowest BCUT2D eigenvalue weighted by Crippen LogP contribution is -2.00. The van der Waals surface area contributed by atoms with Crippen LogP contribution in [0.1, 0.15) is 17.2 Å². The maximum Gasteiger partial charge on any atom is 0.191 e. The zero-order valence-electron chi connectivity index (χ0n) is 9.25. The van der Waals surface area contributed by atoms with Crippen LogP contribution in [-0.4, -0.2) is 4.98 Å². The molecule has 3 nitrogen and oxygen atoms in total. The Balaban J connectivity index is 2.52. The van der Waals surface area contributed by atoms with Crippen LogP contribution in [0.5, 0.6) is 0 Å². The van der Waals surface area contributed by atoms with Crippen molar-refractivity contribution >= 4 is 0 Å². The van der Waals surface area contributed by atoms with E-state index in [1.807, 2.05) is 6.92 Å². The Morgan fingerprint density at radius 1 is 1.38 bits per heavy atom. The number of rotatable bonds is 2. The van der Waals surface area contributed by atoms with Crippen LogP contribution in [0.3, 0.4) is 0 Å². The fraction of sp³-hybridized carbons (Fsp3) is 0.250. The third kappa shape index (κ3) is 1.84. The van der Waals surface area contributed by atoms with Gasteiger partial charge in [-0.3, -0.25) is 0 Å². The molecule has 0 saturated heterocycles. The number of aryl methyl sites for hydroxylation is 2. The van der Waals surface area contributed by atoms with Crippen LogP contribution in [0.2, 0.25) is 0 Å². The molecule has 16 heavy (non-hydrogen) atoms. The summed E-state index contributed by atoms with van der Waals surface area (Å²) in [7, 11) is 0. The quantitative estimate of drug-likeness (QED) is 0.846. The average Bonchev–Trinajstić information content (AvgIpc) is 2.59. The lowest BCUT2D eigenvalue weighted by molar-refractivity contribution is 0.495. The van der Waals surface area contributed by atoms with Crippen molar-refractivity contribution in [2.75, 3.05) is 0 Å². The van der Waals surface area contributed by atoms with Gasteiger partial charge in [-0.2, -0.15) is 0 Å². The van der Waals surface area contributed by atoms with Crippen molar-refractivity contribution in [2.45, 2.75) is 20.4 Å². The minimum atomic E-state index is -0.288. The SMILES string of the molecule is Cc1nc(-c2ccc(F)c(CN)c2)c(C)o1. The van der Waals surface area contributed by atoms with E-state index < -0.39 is 0 Å². The Labute approximate surface area is 93.1 Å². The number of nitrogens with two attached hydrogens (primary N) is 1. The Kier molecular flexibility index (Phi) is 2.75. The molecule has 2 N–H and O–H groups in total. The molecule has 84 valence electrons. The largest absolute Gasteiger partial charge is 0.446 e. The molecule has 0 unspecified atom stereocenters. The molecule has 2 rings (SSSR count). The molecule has 0 aliphatic rings. The number of nitrogens with zero attached hydrogens (tertiary/aromatic N) is 1. The van der Waals surface area contributed by atoms with Crippen molar-refractivity contribution < 1.29 is 8.81 Å². The first kappa shape index (κ1) is 10.8. The van der Waals surface area contributed by atoms with Gasteiger partial charge in [0.2, 0.25) is 0 Å². The first-order valence-corrected chi connectivity index (χ1v) is 5.04. The lowest BCUT2D eigenvalue weighted by Gasteiger charge is -2.02. The standard InChI is InChI=1S/C12H13FN2O/c1-7-12(15-8(2)16-7)9-3-4-11(13)10(5-9)6-14/h3-5H,6,14H2,1-2H3. The molecule has 0 spiro atoms. The second-order valence-corrected chi connectivity index (χ2v) is 3.65. The van der Waals surface area contributed by atoms with E-state index in [-0.39, 0.29) is 12.4 Å². The van der Waals surface area contributed by atoms with E-state index in [4.69, 9.17) is 10.2 Å². The summed E-state index contributed by atoms with van der Waals surface area (Å²) in [5.74, 6) is 1.04. The molecule has 0 saturated carbocycles.